The molecule has 0 radical (unpaired) electrons. The molecule has 0 aromatic carbocycles. The van der Waals surface area contributed by atoms with Crippen LogP contribution in [0.25, 0.3) is 0 Å². The molecule has 124 valence electrons. The Morgan fingerprint density at radius 1 is 1.14 bits per heavy atom. The van der Waals surface area contributed by atoms with Gasteiger partial charge in [0, 0.05) is 0 Å². The SMILES string of the molecule is C=CC(=O)C(C)(C(=O)O)C(C)CCCCCCCCC.N. The van der Waals surface area contributed by atoms with Crippen LogP contribution in [0.1, 0.15) is 72.1 Å². The third kappa shape index (κ3) is 6.89. The van der Waals surface area contributed by atoms with Gasteiger partial charge >= 0.3 is 5.97 Å². The van der Waals surface area contributed by atoms with Crippen molar-refractivity contribution in [1.82, 2.24) is 6.15 Å². The van der Waals surface area contributed by atoms with Crippen molar-refractivity contribution in [3.05, 3.63) is 12.7 Å². The fourth-order valence-corrected chi connectivity index (χ4v) is 2.47. The molecule has 0 spiro atoms. The molecule has 0 bridgehead atoms. The van der Waals surface area contributed by atoms with Crippen molar-refractivity contribution in [2.45, 2.75) is 72.1 Å². The fourth-order valence-electron chi connectivity index (χ4n) is 2.47. The highest BCUT2D eigenvalue weighted by molar-refractivity contribution is 6.08. The molecule has 0 fully saturated rings. The number of rotatable bonds is 12. The van der Waals surface area contributed by atoms with E-state index in [1.165, 1.54) is 39.0 Å². The average Bonchev–Trinajstić information content (AvgIpc) is 2.43. The van der Waals surface area contributed by atoms with Crippen LogP contribution in [0.3, 0.4) is 0 Å². The number of unbranched alkanes of at least 4 members (excludes halogenated alkanes) is 6. The van der Waals surface area contributed by atoms with Gasteiger partial charge in [-0.1, -0.05) is 65.4 Å². The molecule has 0 aromatic rings. The van der Waals surface area contributed by atoms with Gasteiger partial charge in [0.05, 0.1) is 0 Å². The van der Waals surface area contributed by atoms with E-state index in [4.69, 9.17) is 0 Å². The second kappa shape index (κ2) is 11.5. The quantitative estimate of drug-likeness (QED) is 0.308. The first-order valence-electron chi connectivity index (χ1n) is 7.81. The van der Waals surface area contributed by atoms with Crippen LogP contribution in [0.2, 0.25) is 0 Å². The summed E-state index contributed by atoms with van der Waals surface area (Å²) in [6.45, 7) is 8.99. The van der Waals surface area contributed by atoms with E-state index in [-0.39, 0.29) is 17.9 Å². The summed E-state index contributed by atoms with van der Waals surface area (Å²) in [5.41, 5.74) is -1.33. The standard InChI is InChI=1S/C17H30O3.H3N/c1-5-7-8-9-10-11-12-13-14(3)17(4,16(19)20)15(18)6-2;/h6,14H,2,5,7-13H2,1,3-4H3,(H,19,20);1H3. The molecular formula is C17H33NO3. The highest BCUT2D eigenvalue weighted by atomic mass is 16.4. The highest BCUT2D eigenvalue weighted by Gasteiger charge is 2.44. The third-order valence-corrected chi connectivity index (χ3v) is 4.37. The number of hydrogen-bond acceptors (Lipinski definition) is 3. The third-order valence-electron chi connectivity index (χ3n) is 4.37. The van der Waals surface area contributed by atoms with E-state index in [2.05, 4.69) is 13.5 Å². The van der Waals surface area contributed by atoms with Gasteiger partial charge in [-0.3, -0.25) is 9.59 Å². The predicted octanol–water partition coefficient (Wildman–Crippen LogP) is 4.77. The maximum atomic E-state index is 11.8. The van der Waals surface area contributed by atoms with E-state index in [1.54, 1.807) is 0 Å². The number of carbonyl (C=O) groups excluding carboxylic acids is 1. The topological polar surface area (TPSA) is 89.4 Å². The summed E-state index contributed by atoms with van der Waals surface area (Å²) in [7, 11) is 0. The molecule has 0 heterocycles. The molecule has 0 aliphatic carbocycles. The van der Waals surface area contributed by atoms with E-state index < -0.39 is 11.4 Å². The van der Waals surface area contributed by atoms with Gasteiger partial charge in [-0.05, 0) is 25.3 Å². The summed E-state index contributed by atoms with van der Waals surface area (Å²) in [5.74, 6) is -1.60. The summed E-state index contributed by atoms with van der Waals surface area (Å²) in [5, 5.41) is 9.34. The molecule has 0 aromatic heterocycles. The Kier molecular flexibility index (Phi) is 12.1. The van der Waals surface area contributed by atoms with Crippen molar-refractivity contribution in [2.75, 3.05) is 0 Å². The zero-order valence-corrected chi connectivity index (χ0v) is 14.0. The van der Waals surface area contributed by atoms with Crippen LogP contribution in [-0.2, 0) is 9.59 Å². The molecule has 0 saturated carbocycles. The van der Waals surface area contributed by atoms with Gasteiger partial charge in [-0.25, -0.2) is 0 Å². The van der Waals surface area contributed by atoms with E-state index in [0.29, 0.717) is 0 Å². The number of carboxylic acid groups (broad SMARTS) is 1. The summed E-state index contributed by atoms with van der Waals surface area (Å²) < 4.78 is 0. The number of carboxylic acids is 1. The first kappa shape index (κ1) is 22.1. The van der Waals surface area contributed by atoms with Crippen LogP contribution < -0.4 is 6.15 Å². The molecule has 0 aliphatic heterocycles. The van der Waals surface area contributed by atoms with Crippen LogP contribution in [-0.4, -0.2) is 16.9 Å². The fraction of sp³-hybridized carbons (Fsp3) is 0.765. The molecule has 21 heavy (non-hydrogen) atoms. The lowest BCUT2D eigenvalue weighted by atomic mass is 9.72. The van der Waals surface area contributed by atoms with Crippen molar-refractivity contribution >= 4 is 11.8 Å². The molecule has 0 saturated heterocycles. The Morgan fingerprint density at radius 3 is 2.05 bits per heavy atom. The molecule has 0 aliphatic rings. The molecule has 2 unspecified atom stereocenters. The van der Waals surface area contributed by atoms with Gasteiger partial charge in [0.1, 0.15) is 5.41 Å². The number of allylic oxidation sites excluding steroid dienone is 1. The van der Waals surface area contributed by atoms with Gasteiger partial charge in [0.25, 0.3) is 0 Å². The normalized spacial score (nSPS) is 14.6. The maximum Gasteiger partial charge on any atom is 0.317 e. The zero-order chi connectivity index (χ0) is 15.6. The predicted molar refractivity (Wildman–Crippen MR) is 87.7 cm³/mol. The zero-order valence-electron chi connectivity index (χ0n) is 14.0. The molecule has 4 nitrogen and oxygen atoms in total. The molecule has 4 N–H and O–H groups in total. The largest absolute Gasteiger partial charge is 0.480 e. The Hall–Kier alpha value is -1.16. The summed E-state index contributed by atoms with van der Waals surface area (Å²) in [6.07, 6.45) is 10.3. The Morgan fingerprint density at radius 2 is 1.62 bits per heavy atom. The number of hydrogen-bond donors (Lipinski definition) is 2. The number of aliphatic carboxylic acids is 1. The van der Waals surface area contributed by atoms with Crippen LogP contribution in [0, 0.1) is 11.3 Å². The molecule has 2 atom stereocenters. The van der Waals surface area contributed by atoms with Crippen LogP contribution in [0.15, 0.2) is 12.7 Å². The van der Waals surface area contributed by atoms with Gasteiger partial charge < -0.3 is 11.3 Å². The molecular weight excluding hydrogens is 266 g/mol. The van der Waals surface area contributed by atoms with Gasteiger partial charge in [0.2, 0.25) is 0 Å². The van der Waals surface area contributed by atoms with E-state index in [0.717, 1.165) is 25.3 Å². The summed E-state index contributed by atoms with van der Waals surface area (Å²) >= 11 is 0. The minimum atomic E-state index is -1.33. The minimum absolute atomic E-state index is 0. The Balaban J connectivity index is 0. The Bertz CT molecular complexity index is 328. The number of carbonyl (C=O) groups is 2. The van der Waals surface area contributed by atoms with E-state index in [9.17, 15) is 14.7 Å². The molecule has 0 amide bonds. The Labute approximate surface area is 129 Å². The monoisotopic (exact) mass is 299 g/mol. The molecule has 4 heteroatoms. The van der Waals surface area contributed by atoms with Crippen LogP contribution >= 0.6 is 0 Å². The summed E-state index contributed by atoms with van der Waals surface area (Å²) in [4.78, 5) is 23.2. The van der Waals surface area contributed by atoms with Gasteiger partial charge in [-0.2, -0.15) is 0 Å². The van der Waals surface area contributed by atoms with E-state index >= 15 is 0 Å². The second-order valence-electron chi connectivity index (χ2n) is 5.89. The van der Waals surface area contributed by atoms with Crippen molar-refractivity contribution in [2.24, 2.45) is 11.3 Å². The minimum Gasteiger partial charge on any atom is -0.480 e. The van der Waals surface area contributed by atoms with Crippen molar-refractivity contribution < 1.29 is 14.7 Å². The highest BCUT2D eigenvalue weighted by Crippen LogP contribution is 2.33. The van der Waals surface area contributed by atoms with Crippen molar-refractivity contribution in [3.8, 4) is 0 Å². The van der Waals surface area contributed by atoms with Gasteiger partial charge in [-0.15, -0.1) is 0 Å². The lowest BCUT2D eigenvalue weighted by Crippen LogP contribution is -2.41. The summed E-state index contributed by atoms with van der Waals surface area (Å²) in [6, 6.07) is 0. The number of ketones is 1. The average molecular weight is 299 g/mol. The van der Waals surface area contributed by atoms with Crippen molar-refractivity contribution in [3.63, 3.8) is 0 Å². The lowest BCUT2D eigenvalue weighted by molar-refractivity contribution is -0.155. The van der Waals surface area contributed by atoms with Crippen LogP contribution in [0.4, 0.5) is 0 Å². The van der Waals surface area contributed by atoms with E-state index in [1.807, 2.05) is 6.92 Å². The van der Waals surface area contributed by atoms with Crippen LogP contribution in [0.5, 0.6) is 0 Å². The maximum absolute atomic E-state index is 11.8. The van der Waals surface area contributed by atoms with Gasteiger partial charge in [0.15, 0.2) is 5.78 Å². The van der Waals surface area contributed by atoms with Crippen molar-refractivity contribution in [1.29, 1.82) is 0 Å². The first-order chi connectivity index (χ1) is 9.41. The molecule has 0 rings (SSSR count). The second-order valence-corrected chi connectivity index (χ2v) is 5.89. The lowest BCUT2D eigenvalue weighted by Gasteiger charge is -2.29. The smallest absolute Gasteiger partial charge is 0.317 e. The first-order valence-corrected chi connectivity index (χ1v) is 7.81.